The molecule has 1 atom stereocenters. The minimum Gasteiger partial charge on any atom is -0.380 e. The molecule has 0 aliphatic heterocycles. The average molecular weight is 361 g/mol. The fourth-order valence-electron chi connectivity index (χ4n) is 2.95. The quantitative estimate of drug-likeness (QED) is 0.649. The number of aliphatic hydroxyl groups is 1. The maximum absolute atomic E-state index is 12.8. The van der Waals surface area contributed by atoms with E-state index in [4.69, 9.17) is 5.73 Å². The number of nitrogens with one attached hydrogen (secondary N) is 1. The van der Waals surface area contributed by atoms with Crippen molar-refractivity contribution in [3.8, 4) is 11.1 Å². The monoisotopic (exact) mass is 361 g/mol. The normalized spacial score (nSPS) is 14.2. The lowest BCUT2D eigenvalue weighted by atomic mass is 9.82. The first-order valence-corrected chi connectivity index (χ1v) is 8.04. The van der Waals surface area contributed by atoms with Gasteiger partial charge in [-0.25, -0.2) is 0 Å². The van der Waals surface area contributed by atoms with Crippen molar-refractivity contribution in [1.82, 2.24) is 10.2 Å². The van der Waals surface area contributed by atoms with Crippen LogP contribution in [0.3, 0.4) is 0 Å². The summed E-state index contributed by atoms with van der Waals surface area (Å²) in [7, 11) is 0. The van der Waals surface area contributed by atoms with E-state index in [0.29, 0.717) is 11.1 Å². The molecule has 0 saturated carbocycles. The molecule has 136 valence electrons. The van der Waals surface area contributed by atoms with E-state index in [1.165, 1.54) is 12.1 Å². The lowest BCUT2D eigenvalue weighted by Gasteiger charge is -2.29. The van der Waals surface area contributed by atoms with Crippen molar-refractivity contribution in [2.75, 3.05) is 6.54 Å². The molecular formula is C19H18F3N3O. The minimum atomic E-state index is -4.42. The van der Waals surface area contributed by atoms with Crippen LogP contribution in [0.1, 0.15) is 23.1 Å². The fourth-order valence-corrected chi connectivity index (χ4v) is 2.95. The van der Waals surface area contributed by atoms with E-state index in [-0.39, 0.29) is 13.0 Å². The Balaban J connectivity index is 1.96. The fraction of sp³-hybridized carbons (Fsp3) is 0.211. The first-order chi connectivity index (χ1) is 12.3. The number of hydrogen-bond donors (Lipinski definition) is 3. The van der Waals surface area contributed by atoms with Crippen LogP contribution in [-0.4, -0.2) is 21.8 Å². The van der Waals surface area contributed by atoms with Gasteiger partial charge in [0.2, 0.25) is 0 Å². The van der Waals surface area contributed by atoms with Crippen LogP contribution in [0.5, 0.6) is 0 Å². The van der Waals surface area contributed by atoms with Gasteiger partial charge < -0.3 is 10.8 Å². The molecule has 1 heterocycles. The molecule has 3 aromatic rings. The van der Waals surface area contributed by atoms with Gasteiger partial charge in [-0.1, -0.05) is 36.4 Å². The van der Waals surface area contributed by atoms with Crippen LogP contribution in [0.4, 0.5) is 13.2 Å². The molecule has 0 radical (unpaired) electrons. The van der Waals surface area contributed by atoms with Crippen molar-refractivity contribution in [1.29, 1.82) is 0 Å². The zero-order valence-corrected chi connectivity index (χ0v) is 13.8. The van der Waals surface area contributed by atoms with Crippen LogP contribution < -0.4 is 5.73 Å². The van der Waals surface area contributed by atoms with Crippen LogP contribution in [0, 0.1) is 0 Å². The Hall–Kier alpha value is -2.64. The standard InChI is InChI=1S/C19H18F3N3O/c20-19(21,22)17-7-5-16(6-8-17)18(26,9-10-23)15-3-1-13(2-4-15)14-11-24-25-12-14/h1-8,11-12,26H,9-10,23H2,(H,24,25). The predicted molar refractivity (Wildman–Crippen MR) is 92.1 cm³/mol. The van der Waals surface area contributed by atoms with Crippen molar-refractivity contribution >= 4 is 0 Å². The zero-order valence-electron chi connectivity index (χ0n) is 13.8. The number of nitrogens with two attached hydrogens (primary N) is 1. The molecule has 0 aliphatic rings. The third kappa shape index (κ3) is 3.49. The largest absolute Gasteiger partial charge is 0.416 e. The smallest absolute Gasteiger partial charge is 0.380 e. The first-order valence-electron chi connectivity index (χ1n) is 8.04. The van der Waals surface area contributed by atoms with E-state index >= 15 is 0 Å². The lowest BCUT2D eigenvalue weighted by Crippen LogP contribution is -2.30. The summed E-state index contributed by atoms with van der Waals surface area (Å²) in [6.07, 6.45) is -0.811. The number of hydrogen-bond acceptors (Lipinski definition) is 3. The number of rotatable bonds is 5. The van der Waals surface area contributed by atoms with Crippen molar-refractivity contribution in [2.45, 2.75) is 18.2 Å². The summed E-state index contributed by atoms with van der Waals surface area (Å²) in [5, 5.41) is 17.8. The molecule has 4 nitrogen and oxygen atoms in total. The van der Waals surface area contributed by atoms with Crippen LogP contribution >= 0.6 is 0 Å². The average Bonchev–Trinajstić information content (AvgIpc) is 3.16. The Morgan fingerprint density at radius 1 is 0.885 bits per heavy atom. The SMILES string of the molecule is NCCC(O)(c1ccc(-c2cn[nH]c2)cc1)c1ccc(C(F)(F)F)cc1. The molecule has 0 aliphatic carbocycles. The molecule has 0 amide bonds. The Morgan fingerprint density at radius 3 is 1.88 bits per heavy atom. The molecular weight excluding hydrogens is 343 g/mol. The van der Waals surface area contributed by atoms with Crippen molar-refractivity contribution < 1.29 is 18.3 Å². The van der Waals surface area contributed by atoms with Crippen LogP contribution in [0.15, 0.2) is 60.9 Å². The number of aromatic amines is 1. The summed E-state index contributed by atoms with van der Waals surface area (Å²) in [5.41, 5.74) is 6.16. The molecule has 1 unspecified atom stereocenters. The van der Waals surface area contributed by atoms with Gasteiger partial charge in [0, 0.05) is 11.8 Å². The Labute approximate surface area is 148 Å². The second-order valence-electron chi connectivity index (χ2n) is 6.04. The summed E-state index contributed by atoms with van der Waals surface area (Å²) < 4.78 is 38.3. The van der Waals surface area contributed by atoms with E-state index in [9.17, 15) is 18.3 Å². The van der Waals surface area contributed by atoms with Crippen LogP contribution in [0.25, 0.3) is 11.1 Å². The summed E-state index contributed by atoms with van der Waals surface area (Å²) in [5.74, 6) is 0. The first kappa shape index (κ1) is 18.2. The van der Waals surface area contributed by atoms with Gasteiger partial charge >= 0.3 is 6.18 Å². The van der Waals surface area contributed by atoms with E-state index in [1.807, 2.05) is 12.1 Å². The van der Waals surface area contributed by atoms with E-state index in [2.05, 4.69) is 10.2 Å². The topological polar surface area (TPSA) is 74.9 Å². The van der Waals surface area contributed by atoms with Gasteiger partial charge in [0.15, 0.2) is 0 Å². The predicted octanol–water partition coefficient (Wildman–Crippen LogP) is 3.68. The summed E-state index contributed by atoms with van der Waals surface area (Å²) in [6, 6.07) is 11.7. The number of H-pyrrole nitrogens is 1. The summed E-state index contributed by atoms with van der Waals surface area (Å²) in [4.78, 5) is 0. The molecule has 0 fully saturated rings. The number of halogens is 3. The minimum absolute atomic E-state index is 0.182. The highest BCUT2D eigenvalue weighted by Gasteiger charge is 2.34. The molecule has 2 aromatic carbocycles. The van der Waals surface area contributed by atoms with Gasteiger partial charge in [-0.3, -0.25) is 5.10 Å². The third-order valence-electron chi connectivity index (χ3n) is 4.39. The highest BCUT2D eigenvalue weighted by atomic mass is 19.4. The second-order valence-corrected chi connectivity index (χ2v) is 6.04. The molecule has 0 saturated heterocycles. The maximum Gasteiger partial charge on any atom is 0.416 e. The lowest BCUT2D eigenvalue weighted by molar-refractivity contribution is -0.137. The number of nitrogens with zero attached hydrogens (tertiary/aromatic N) is 1. The Morgan fingerprint density at radius 2 is 1.42 bits per heavy atom. The van der Waals surface area contributed by atoms with E-state index in [0.717, 1.165) is 23.3 Å². The van der Waals surface area contributed by atoms with Gasteiger partial charge in [0.1, 0.15) is 5.60 Å². The molecule has 3 rings (SSSR count). The van der Waals surface area contributed by atoms with Crippen molar-refractivity contribution in [3.63, 3.8) is 0 Å². The van der Waals surface area contributed by atoms with Gasteiger partial charge in [-0.05, 0) is 41.8 Å². The Kier molecular flexibility index (Phi) is 4.84. The van der Waals surface area contributed by atoms with Crippen LogP contribution in [0.2, 0.25) is 0 Å². The van der Waals surface area contributed by atoms with Crippen molar-refractivity contribution in [3.05, 3.63) is 77.6 Å². The molecule has 26 heavy (non-hydrogen) atoms. The second kappa shape index (κ2) is 6.93. The highest BCUT2D eigenvalue weighted by molar-refractivity contribution is 5.62. The molecule has 0 bridgehead atoms. The van der Waals surface area contributed by atoms with Crippen molar-refractivity contribution in [2.24, 2.45) is 5.73 Å². The molecule has 1 aromatic heterocycles. The van der Waals surface area contributed by atoms with E-state index in [1.54, 1.807) is 24.5 Å². The number of alkyl halides is 3. The van der Waals surface area contributed by atoms with Gasteiger partial charge in [-0.2, -0.15) is 18.3 Å². The maximum atomic E-state index is 12.8. The van der Waals surface area contributed by atoms with E-state index < -0.39 is 17.3 Å². The summed E-state index contributed by atoms with van der Waals surface area (Å²) >= 11 is 0. The van der Waals surface area contributed by atoms with Crippen LogP contribution in [-0.2, 0) is 11.8 Å². The highest BCUT2D eigenvalue weighted by Crippen LogP contribution is 2.36. The Bertz CT molecular complexity index is 843. The third-order valence-corrected chi connectivity index (χ3v) is 4.39. The number of benzene rings is 2. The van der Waals surface area contributed by atoms with Gasteiger partial charge in [0.25, 0.3) is 0 Å². The molecule has 0 spiro atoms. The van der Waals surface area contributed by atoms with Gasteiger partial charge in [0.05, 0.1) is 11.8 Å². The zero-order chi connectivity index (χ0) is 18.8. The van der Waals surface area contributed by atoms with Gasteiger partial charge in [-0.15, -0.1) is 0 Å². The molecule has 4 N–H and O–H groups in total. The molecule has 7 heteroatoms. The summed E-state index contributed by atoms with van der Waals surface area (Å²) in [6.45, 7) is 0.182. The number of aromatic nitrogens is 2.